The van der Waals surface area contributed by atoms with E-state index in [2.05, 4.69) is 54.9 Å². The fourth-order valence-electron chi connectivity index (χ4n) is 8.92. The largest absolute Gasteiger partial charge is 0.478 e. The van der Waals surface area contributed by atoms with E-state index >= 15 is 0 Å². The molecule has 0 atom stereocenters. The topological polar surface area (TPSA) is 264 Å². The van der Waals surface area contributed by atoms with Gasteiger partial charge in [-0.1, -0.05) is 65.2 Å². The Morgan fingerprint density at radius 1 is 0.545 bits per heavy atom. The maximum absolute atomic E-state index is 14.1. The van der Waals surface area contributed by atoms with Gasteiger partial charge in [-0.25, -0.2) is 14.4 Å². The first-order chi connectivity index (χ1) is 36.7. The van der Waals surface area contributed by atoms with Crippen molar-refractivity contribution in [1.29, 1.82) is 0 Å². The molecule has 0 fully saturated rings. The highest BCUT2D eigenvalue weighted by atomic mass is 16.5. The Morgan fingerprint density at radius 2 is 0.961 bits per heavy atom. The van der Waals surface area contributed by atoms with Gasteiger partial charge < -0.3 is 45.8 Å². The lowest BCUT2D eigenvalue weighted by molar-refractivity contribution is -0.121. The normalized spacial score (nSPS) is 12.9. The molecule has 0 radical (unpaired) electrons. The molecule has 4 amide bonds. The van der Waals surface area contributed by atoms with Gasteiger partial charge in [-0.15, -0.1) is 0 Å². The van der Waals surface area contributed by atoms with Crippen LogP contribution in [0.4, 0.5) is 0 Å². The zero-order valence-electron chi connectivity index (χ0n) is 44.4. The fraction of sp³-hybridized carbons (Fsp3) is 0.339. The molecule has 0 saturated carbocycles. The van der Waals surface area contributed by atoms with Crippen LogP contribution in [0.25, 0.3) is 22.1 Å². The van der Waals surface area contributed by atoms with Gasteiger partial charge in [-0.3, -0.25) is 29.1 Å². The highest BCUT2D eigenvalue weighted by Crippen LogP contribution is 2.36. The van der Waals surface area contributed by atoms with Crippen LogP contribution < -0.4 is 21.3 Å². The summed E-state index contributed by atoms with van der Waals surface area (Å²) >= 11 is 0. The van der Waals surface area contributed by atoms with Gasteiger partial charge >= 0.3 is 17.9 Å². The molecule has 5 heterocycles. The number of carboxylic acid groups (broad SMARTS) is 1. The Hall–Kier alpha value is -9.03. The summed E-state index contributed by atoms with van der Waals surface area (Å²) < 4.78 is 10.7. The molecule has 398 valence electrons. The first-order valence-electron chi connectivity index (χ1n) is 25.3. The smallest absolute Gasteiger partial charge is 0.341 e. The first kappa shape index (κ1) is 55.7. The minimum atomic E-state index is -1.07. The van der Waals surface area contributed by atoms with Crippen molar-refractivity contribution in [2.75, 3.05) is 40.4 Å². The number of ether oxygens (including phenoxy) is 2. The summed E-state index contributed by atoms with van der Waals surface area (Å²) in [5, 5.41) is 20.6. The van der Waals surface area contributed by atoms with E-state index in [0.717, 1.165) is 0 Å². The van der Waals surface area contributed by atoms with Gasteiger partial charge in [0.05, 0.1) is 53.0 Å². The number of hydrogen-bond donors (Lipinski definition) is 7. The fourth-order valence-corrected chi connectivity index (χ4v) is 8.92. The second-order valence-corrected chi connectivity index (χ2v) is 20.0. The van der Waals surface area contributed by atoms with Gasteiger partial charge in [0, 0.05) is 108 Å². The number of carbonyl (C=O) groups excluding carboxylic acids is 6. The molecule has 3 aromatic heterocycles. The summed E-state index contributed by atoms with van der Waals surface area (Å²) in [7, 11) is 2.55. The van der Waals surface area contributed by atoms with Crippen LogP contribution in [0.3, 0.4) is 0 Å². The van der Waals surface area contributed by atoms with Crippen LogP contribution in [0.15, 0.2) is 66.7 Å². The Kier molecular flexibility index (Phi) is 17.4. The molecule has 0 saturated heterocycles. The molecule has 2 aromatic carbocycles. The number of methoxy groups -OCH3 is 2. The van der Waals surface area contributed by atoms with Crippen LogP contribution in [-0.4, -0.2) is 107 Å². The molecular formula is C59H62N8O10. The molecule has 8 bridgehead atoms. The molecule has 7 N–H and O–H groups in total. The monoisotopic (exact) mass is 1040 g/mol. The third-order valence-electron chi connectivity index (χ3n) is 12.9. The van der Waals surface area contributed by atoms with Crippen molar-refractivity contribution in [3.63, 3.8) is 0 Å². The van der Waals surface area contributed by atoms with Gasteiger partial charge in [0.15, 0.2) is 0 Å². The first-order valence-corrected chi connectivity index (χ1v) is 25.3. The van der Waals surface area contributed by atoms with Crippen molar-refractivity contribution in [2.24, 2.45) is 0 Å². The Balaban J connectivity index is 1.43. The number of H-pyrrole nitrogens is 2. The average Bonchev–Trinajstić information content (AvgIpc) is 4.11. The highest BCUT2D eigenvalue weighted by molar-refractivity contribution is 6.05. The number of aromatic carboxylic acids is 1. The van der Waals surface area contributed by atoms with Crippen molar-refractivity contribution in [1.82, 2.24) is 41.2 Å². The Labute approximate surface area is 446 Å². The van der Waals surface area contributed by atoms with Crippen LogP contribution in [0.5, 0.6) is 0 Å². The maximum atomic E-state index is 14.1. The van der Waals surface area contributed by atoms with Gasteiger partial charge in [0.1, 0.15) is 11.1 Å². The summed E-state index contributed by atoms with van der Waals surface area (Å²) in [5.41, 5.74) is 4.85. The predicted molar refractivity (Wildman–Crippen MR) is 289 cm³/mol. The van der Waals surface area contributed by atoms with Crippen molar-refractivity contribution in [2.45, 2.75) is 90.9 Å². The van der Waals surface area contributed by atoms with E-state index in [0.29, 0.717) is 94.5 Å². The molecule has 7 rings (SSSR count). The number of aromatic amines is 2. The SMILES string of the molecule is CCCC(=O)NCCNC(=O)c1cc(C#Cc2c(C(=O)OC)c3cc4nc(cc5[nH]c(cc6nc(cc2[nH]3)C(C)(C)C6)c(C(=O)OC)c5C#Cc2ccc(C(=O)O)cc2)C(C)(C)C4)cc(C(=O)NCCNC(=O)CCC)c1. The number of amides is 4. The molecule has 77 heavy (non-hydrogen) atoms. The number of rotatable bonds is 15. The summed E-state index contributed by atoms with van der Waals surface area (Å²) in [6.45, 7) is 12.5. The van der Waals surface area contributed by atoms with E-state index in [-0.39, 0.29) is 76.9 Å². The molecule has 0 spiro atoms. The van der Waals surface area contributed by atoms with Crippen molar-refractivity contribution >= 4 is 63.6 Å². The second kappa shape index (κ2) is 24.1. The lowest BCUT2D eigenvalue weighted by Gasteiger charge is -2.15. The predicted octanol–water partition coefficient (Wildman–Crippen LogP) is 6.72. The molecular weight excluding hydrogens is 981 g/mol. The quantitative estimate of drug-likeness (QED) is 0.0328. The average molecular weight is 1040 g/mol. The van der Waals surface area contributed by atoms with Crippen LogP contribution in [0, 0.1) is 23.7 Å². The van der Waals surface area contributed by atoms with E-state index in [1.54, 1.807) is 30.3 Å². The number of fused-ring (bicyclic) bond motifs is 8. The Bertz CT molecular complexity index is 3430. The zero-order valence-corrected chi connectivity index (χ0v) is 44.4. The molecule has 0 unspecified atom stereocenters. The van der Waals surface area contributed by atoms with Crippen LogP contribution in [0.1, 0.15) is 164 Å². The van der Waals surface area contributed by atoms with Gasteiger partial charge in [-0.2, -0.15) is 0 Å². The number of nitrogens with one attached hydrogen (secondary N) is 6. The van der Waals surface area contributed by atoms with E-state index in [4.69, 9.17) is 19.4 Å². The number of hydrogen-bond acceptors (Lipinski definition) is 11. The third kappa shape index (κ3) is 13.5. The second-order valence-electron chi connectivity index (χ2n) is 20.0. The van der Waals surface area contributed by atoms with Crippen LogP contribution in [0.2, 0.25) is 0 Å². The Morgan fingerprint density at radius 3 is 1.36 bits per heavy atom. The van der Waals surface area contributed by atoms with E-state index in [9.17, 15) is 38.7 Å². The standard InChI is InChI=1S/C59H62N8O10/c1-9-11-49(68)60-21-23-62-53(70)37-25-35(26-38(27-37)54(71)63-24-22-61-50(69)12-10-2)16-20-42-44-31-48-59(5,6)32-39(65-48)28-45-51(56(74)76-7)41(19-15-34-13-17-36(18-14-34)55(72)73)43(66-45)30-47-58(3,4)33-40(64-47)29-46(67-44)52(42)57(75)77-8/h13-14,17-18,25-31,66-67H,9-12,21-24,32-33H2,1-8H3,(H,60,68)(H,61,69)(H,62,70)(H,63,71)(H,72,73). The van der Waals surface area contributed by atoms with Crippen molar-refractivity contribution in [3.8, 4) is 23.7 Å². The van der Waals surface area contributed by atoms with Crippen molar-refractivity contribution in [3.05, 3.63) is 140 Å². The minimum Gasteiger partial charge on any atom is -0.478 e. The molecule has 0 aliphatic carbocycles. The van der Waals surface area contributed by atoms with E-state index in [1.807, 2.05) is 47.6 Å². The zero-order chi connectivity index (χ0) is 55.6. The lowest BCUT2D eigenvalue weighted by Crippen LogP contribution is -2.35. The summed E-state index contributed by atoms with van der Waals surface area (Å²) in [6, 6.07) is 17.8. The number of aromatic nitrogens is 4. The molecule has 2 aliphatic rings. The van der Waals surface area contributed by atoms with Gasteiger partial charge in [0.2, 0.25) is 11.8 Å². The van der Waals surface area contributed by atoms with Gasteiger partial charge in [-0.05, 0) is 79.6 Å². The maximum Gasteiger partial charge on any atom is 0.341 e. The number of benzene rings is 2. The molecule has 18 nitrogen and oxygen atoms in total. The number of carbonyl (C=O) groups is 7. The van der Waals surface area contributed by atoms with Gasteiger partial charge in [0.25, 0.3) is 11.8 Å². The highest BCUT2D eigenvalue weighted by Gasteiger charge is 2.32. The molecule has 2 aliphatic heterocycles. The van der Waals surface area contributed by atoms with E-state index < -0.39 is 40.6 Å². The molecule has 18 heteroatoms. The minimum absolute atomic E-state index is 0.104. The van der Waals surface area contributed by atoms with Crippen LogP contribution in [-0.2, 0) is 42.7 Å². The number of nitrogens with zero attached hydrogens (tertiary/aromatic N) is 2. The van der Waals surface area contributed by atoms with Crippen LogP contribution >= 0.6 is 0 Å². The summed E-state index contributed by atoms with van der Waals surface area (Å²) in [6.07, 6.45) is 2.91. The lowest BCUT2D eigenvalue weighted by atomic mass is 9.86. The third-order valence-corrected chi connectivity index (χ3v) is 12.9. The van der Waals surface area contributed by atoms with E-state index in [1.165, 1.54) is 44.6 Å². The summed E-state index contributed by atoms with van der Waals surface area (Å²) in [4.78, 5) is 108. The molecule has 5 aromatic rings. The summed E-state index contributed by atoms with van der Waals surface area (Å²) in [5.74, 6) is 8.83. The number of carboxylic acids is 1. The number of esters is 2. The van der Waals surface area contributed by atoms with Crippen molar-refractivity contribution < 1.29 is 48.1 Å².